The van der Waals surface area contributed by atoms with Crippen LogP contribution >= 0.6 is 0 Å². The number of urea groups is 1. The van der Waals surface area contributed by atoms with E-state index in [1.54, 1.807) is 18.2 Å². The molecule has 0 saturated carbocycles. The summed E-state index contributed by atoms with van der Waals surface area (Å²) >= 11 is 0. The zero-order valence-electron chi connectivity index (χ0n) is 14.2. The summed E-state index contributed by atoms with van der Waals surface area (Å²) in [4.78, 5) is 16.2. The highest BCUT2D eigenvalue weighted by molar-refractivity contribution is 5.73. The van der Waals surface area contributed by atoms with Crippen molar-refractivity contribution in [2.45, 2.75) is 32.4 Å². The first-order valence-corrected chi connectivity index (χ1v) is 8.57. The molecule has 128 valence electrons. The van der Waals surface area contributed by atoms with E-state index >= 15 is 0 Å². The predicted octanol–water partition coefficient (Wildman–Crippen LogP) is 3.61. The van der Waals surface area contributed by atoms with E-state index in [1.165, 1.54) is 24.9 Å². The fourth-order valence-corrected chi connectivity index (χ4v) is 3.00. The number of hydrogen-bond donors (Lipinski definition) is 1. The van der Waals surface area contributed by atoms with Crippen LogP contribution in [0.3, 0.4) is 0 Å². The second-order valence-electron chi connectivity index (χ2n) is 6.31. The number of benzene rings is 1. The van der Waals surface area contributed by atoms with Crippen LogP contribution in [0, 0.1) is 0 Å². The first kappa shape index (κ1) is 16.4. The lowest BCUT2D eigenvalue weighted by molar-refractivity contribution is 0.202. The number of hydrogen-bond acceptors (Lipinski definition) is 3. The summed E-state index contributed by atoms with van der Waals surface area (Å²) < 4.78 is 5.26. The van der Waals surface area contributed by atoms with Crippen molar-refractivity contribution in [3.63, 3.8) is 0 Å². The molecule has 0 radical (unpaired) electrons. The van der Waals surface area contributed by atoms with Crippen LogP contribution in [0.1, 0.15) is 30.6 Å². The molecular weight excluding hydrogens is 302 g/mol. The molecule has 0 spiro atoms. The molecule has 2 amide bonds. The molecule has 1 aromatic heterocycles. The molecule has 0 bridgehead atoms. The fraction of sp³-hybridized carbons (Fsp3) is 0.421. The molecule has 0 atom stereocenters. The first-order chi connectivity index (χ1) is 11.7. The molecule has 1 aromatic carbocycles. The fourth-order valence-electron chi connectivity index (χ4n) is 3.00. The van der Waals surface area contributed by atoms with E-state index in [1.807, 2.05) is 12.1 Å². The minimum absolute atomic E-state index is 0.105. The molecule has 24 heavy (non-hydrogen) atoms. The van der Waals surface area contributed by atoms with Gasteiger partial charge in [0.15, 0.2) is 0 Å². The minimum atomic E-state index is -0.105. The molecule has 3 rings (SSSR count). The maximum atomic E-state index is 12.1. The van der Waals surface area contributed by atoms with Crippen LogP contribution in [0.25, 0.3) is 0 Å². The quantitative estimate of drug-likeness (QED) is 0.912. The highest BCUT2D eigenvalue weighted by atomic mass is 16.3. The zero-order valence-corrected chi connectivity index (χ0v) is 14.2. The Morgan fingerprint density at radius 1 is 1.17 bits per heavy atom. The Bertz CT molecular complexity index is 631. The third kappa shape index (κ3) is 4.31. The van der Waals surface area contributed by atoms with Crippen LogP contribution in [0.5, 0.6) is 0 Å². The number of nitrogens with zero attached hydrogens (tertiary/aromatic N) is 2. The second kappa shape index (κ2) is 7.90. The SMILES string of the molecule is CN(Cc1ccco1)C(=O)NCc1ccc(N2CCCCC2)cc1. The van der Waals surface area contributed by atoms with Gasteiger partial charge in [-0.2, -0.15) is 0 Å². The number of anilines is 1. The van der Waals surface area contributed by atoms with Gasteiger partial charge >= 0.3 is 6.03 Å². The van der Waals surface area contributed by atoms with Gasteiger partial charge in [0.1, 0.15) is 5.76 Å². The summed E-state index contributed by atoms with van der Waals surface area (Å²) in [5.41, 5.74) is 2.38. The van der Waals surface area contributed by atoms with Gasteiger partial charge in [0.05, 0.1) is 12.8 Å². The molecule has 1 N–H and O–H groups in total. The van der Waals surface area contributed by atoms with Gasteiger partial charge in [-0.3, -0.25) is 0 Å². The molecule has 5 nitrogen and oxygen atoms in total. The lowest BCUT2D eigenvalue weighted by Gasteiger charge is -2.28. The van der Waals surface area contributed by atoms with Gasteiger partial charge in [0.2, 0.25) is 0 Å². The standard InChI is InChI=1S/C19H25N3O2/c1-21(15-18-6-5-13-24-18)19(23)20-14-16-7-9-17(10-8-16)22-11-3-2-4-12-22/h5-10,13H,2-4,11-12,14-15H2,1H3,(H,20,23). The van der Waals surface area contributed by atoms with Gasteiger partial charge < -0.3 is 19.5 Å². The average Bonchev–Trinajstić information content (AvgIpc) is 3.14. The van der Waals surface area contributed by atoms with Crippen LogP contribution in [0.4, 0.5) is 10.5 Å². The summed E-state index contributed by atoms with van der Waals surface area (Å²) in [6.45, 7) is 3.29. The molecule has 0 unspecified atom stereocenters. The van der Waals surface area contributed by atoms with E-state index in [0.717, 1.165) is 24.4 Å². The number of nitrogens with one attached hydrogen (secondary N) is 1. The highest BCUT2D eigenvalue weighted by Gasteiger charge is 2.12. The molecule has 1 fully saturated rings. The predicted molar refractivity (Wildman–Crippen MR) is 94.9 cm³/mol. The summed E-state index contributed by atoms with van der Waals surface area (Å²) in [5.74, 6) is 0.776. The summed E-state index contributed by atoms with van der Waals surface area (Å²) in [5, 5.41) is 2.94. The molecular formula is C19H25N3O2. The van der Waals surface area contributed by atoms with Crippen molar-refractivity contribution in [2.75, 3.05) is 25.0 Å². The lowest BCUT2D eigenvalue weighted by atomic mass is 10.1. The van der Waals surface area contributed by atoms with Gasteiger partial charge in [0.25, 0.3) is 0 Å². The molecule has 1 aliphatic rings. The molecule has 1 saturated heterocycles. The van der Waals surface area contributed by atoms with Crippen molar-refractivity contribution in [3.05, 3.63) is 54.0 Å². The van der Waals surface area contributed by atoms with Crippen molar-refractivity contribution in [1.82, 2.24) is 10.2 Å². The van der Waals surface area contributed by atoms with Crippen LogP contribution in [-0.2, 0) is 13.1 Å². The van der Waals surface area contributed by atoms with Crippen molar-refractivity contribution < 1.29 is 9.21 Å². The van der Waals surface area contributed by atoms with Crippen LogP contribution in [-0.4, -0.2) is 31.1 Å². The number of carbonyl (C=O) groups is 1. The lowest BCUT2D eigenvalue weighted by Crippen LogP contribution is -2.36. The van der Waals surface area contributed by atoms with Crippen molar-refractivity contribution in [2.24, 2.45) is 0 Å². The number of rotatable bonds is 5. The zero-order chi connectivity index (χ0) is 16.8. The Kier molecular flexibility index (Phi) is 5.41. The van der Waals surface area contributed by atoms with Crippen molar-refractivity contribution in [1.29, 1.82) is 0 Å². The Hall–Kier alpha value is -2.43. The number of furan rings is 1. The largest absolute Gasteiger partial charge is 0.467 e. The van der Waals surface area contributed by atoms with E-state index < -0.39 is 0 Å². The number of carbonyl (C=O) groups excluding carboxylic acids is 1. The van der Waals surface area contributed by atoms with Gasteiger partial charge in [-0.15, -0.1) is 0 Å². The third-order valence-electron chi connectivity index (χ3n) is 4.42. The minimum Gasteiger partial charge on any atom is -0.467 e. The third-order valence-corrected chi connectivity index (χ3v) is 4.42. The smallest absolute Gasteiger partial charge is 0.317 e. The molecule has 5 heteroatoms. The van der Waals surface area contributed by atoms with E-state index in [-0.39, 0.29) is 6.03 Å². The topological polar surface area (TPSA) is 48.7 Å². The number of amides is 2. The number of piperidine rings is 1. The summed E-state index contributed by atoms with van der Waals surface area (Å²) in [6.07, 6.45) is 5.51. The van der Waals surface area contributed by atoms with E-state index in [0.29, 0.717) is 13.1 Å². The first-order valence-electron chi connectivity index (χ1n) is 8.57. The Morgan fingerprint density at radius 3 is 2.58 bits per heavy atom. The Labute approximate surface area is 143 Å². The molecule has 2 aromatic rings. The summed E-state index contributed by atoms with van der Waals surface area (Å²) in [7, 11) is 1.76. The molecule has 0 aliphatic carbocycles. The maximum absolute atomic E-state index is 12.1. The van der Waals surface area contributed by atoms with E-state index in [9.17, 15) is 4.79 Å². The van der Waals surface area contributed by atoms with E-state index in [4.69, 9.17) is 4.42 Å². The molecule has 1 aliphatic heterocycles. The summed E-state index contributed by atoms with van der Waals surface area (Å²) in [6, 6.07) is 12.1. The Balaban J connectivity index is 1.48. The van der Waals surface area contributed by atoms with Crippen LogP contribution in [0.2, 0.25) is 0 Å². The Morgan fingerprint density at radius 2 is 1.92 bits per heavy atom. The van der Waals surface area contributed by atoms with Crippen molar-refractivity contribution in [3.8, 4) is 0 Å². The van der Waals surface area contributed by atoms with Gasteiger partial charge in [-0.25, -0.2) is 4.79 Å². The van der Waals surface area contributed by atoms with Crippen LogP contribution in [0.15, 0.2) is 47.1 Å². The van der Waals surface area contributed by atoms with Crippen LogP contribution < -0.4 is 10.2 Å². The van der Waals surface area contributed by atoms with E-state index in [2.05, 4.69) is 34.5 Å². The highest BCUT2D eigenvalue weighted by Crippen LogP contribution is 2.20. The van der Waals surface area contributed by atoms with Gasteiger partial charge in [0, 0.05) is 32.4 Å². The average molecular weight is 327 g/mol. The second-order valence-corrected chi connectivity index (χ2v) is 6.31. The van der Waals surface area contributed by atoms with Gasteiger partial charge in [-0.05, 0) is 49.1 Å². The monoisotopic (exact) mass is 327 g/mol. The maximum Gasteiger partial charge on any atom is 0.317 e. The van der Waals surface area contributed by atoms with Gasteiger partial charge in [-0.1, -0.05) is 12.1 Å². The van der Waals surface area contributed by atoms with Crippen molar-refractivity contribution >= 4 is 11.7 Å². The molecule has 2 heterocycles. The normalized spacial score (nSPS) is 14.5.